The molecule has 0 saturated carbocycles. The van der Waals surface area contributed by atoms with Crippen LogP contribution in [-0.4, -0.2) is 23.5 Å². The molecule has 1 aliphatic carbocycles. The van der Waals surface area contributed by atoms with Crippen molar-refractivity contribution in [1.29, 1.82) is 0 Å². The molecule has 1 aliphatic rings. The number of hydrogen-bond acceptors (Lipinski definition) is 4. The molecule has 0 atom stereocenters. The molecule has 0 spiro atoms. The molecule has 0 amide bonds. The maximum Gasteiger partial charge on any atom is 0.338 e. The second-order valence-corrected chi connectivity index (χ2v) is 5.54. The first-order chi connectivity index (χ1) is 10.9. The average Bonchev–Trinajstić information content (AvgIpc) is 2.85. The van der Waals surface area contributed by atoms with Gasteiger partial charge in [-0.25, -0.2) is 4.79 Å². The Labute approximate surface area is 139 Å². The second kappa shape index (κ2) is 6.84. The first kappa shape index (κ1) is 17.0. The van der Waals surface area contributed by atoms with Crippen molar-refractivity contribution in [2.75, 3.05) is 6.61 Å². The quantitative estimate of drug-likeness (QED) is 0.668. The first-order valence-electron chi connectivity index (χ1n) is 7.17. The van der Waals surface area contributed by atoms with Gasteiger partial charge in [-0.3, -0.25) is 4.79 Å². The van der Waals surface area contributed by atoms with E-state index in [0.717, 1.165) is 0 Å². The number of allylic oxidation sites excluding steroid dienone is 3. The Kier molecular flexibility index (Phi) is 5.06. The summed E-state index contributed by atoms with van der Waals surface area (Å²) in [5.41, 5.74) is 1.98. The summed E-state index contributed by atoms with van der Waals surface area (Å²) in [6.07, 6.45) is 1.49. The molecule has 0 saturated heterocycles. The largest absolute Gasteiger partial charge is 0.507 e. The number of rotatable bonds is 4. The monoisotopic (exact) mass is 332 g/mol. The van der Waals surface area contributed by atoms with Gasteiger partial charge in [0.15, 0.2) is 5.78 Å². The Bertz CT molecular complexity index is 752. The highest BCUT2D eigenvalue weighted by Gasteiger charge is 2.29. The van der Waals surface area contributed by atoms with E-state index >= 15 is 0 Å². The summed E-state index contributed by atoms with van der Waals surface area (Å²) in [4.78, 5) is 24.0. The van der Waals surface area contributed by atoms with Crippen LogP contribution in [0, 0.1) is 0 Å². The van der Waals surface area contributed by atoms with Gasteiger partial charge >= 0.3 is 5.97 Å². The van der Waals surface area contributed by atoms with Crippen molar-refractivity contribution in [2.45, 2.75) is 20.8 Å². The zero-order valence-electron chi connectivity index (χ0n) is 13.1. The van der Waals surface area contributed by atoms with Crippen LogP contribution in [0.5, 0.6) is 0 Å². The molecule has 2 rings (SSSR count). The molecule has 23 heavy (non-hydrogen) atoms. The van der Waals surface area contributed by atoms with Gasteiger partial charge in [-0.2, -0.15) is 0 Å². The first-order valence-corrected chi connectivity index (χ1v) is 7.55. The molecule has 4 nitrogen and oxygen atoms in total. The number of Topliss-reactive ketones (excluding diaryl/α,β-unsaturated/α-hetero) is 1. The number of carbonyl (C=O) groups is 2. The summed E-state index contributed by atoms with van der Waals surface area (Å²) in [6, 6.07) is 6.65. The zero-order valence-corrected chi connectivity index (χ0v) is 13.9. The average molecular weight is 333 g/mol. The molecule has 1 aromatic carbocycles. The summed E-state index contributed by atoms with van der Waals surface area (Å²) in [6.45, 7) is 4.98. The number of ketones is 1. The third kappa shape index (κ3) is 3.37. The van der Waals surface area contributed by atoms with Crippen molar-refractivity contribution in [2.24, 2.45) is 0 Å². The molecule has 1 aromatic rings. The Morgan fingerprint density at radius 1 is 1.22 bits per heavy atom. The fourth-order valence-corrected chi connectivity index (χ4v) is 2.62. The van der Waals surface area contributed by atoms with E-state index in [-0.39, 0.29) is 29.3 Å². The number of hydrogen-bond donors (Lipinski definition) is 1. The van der Waals surface area contributed by atoms with Crippen molar-refractivity contribution < 1.29 is 19.4 Å². The van der Waals surface area contributed by atoms with E-state index in [0.29, 0.717) is 21.7 Å². The summed E-state index contributed by atoms with van der Waals surface area (Å²) < 4.78 is 4.99. The predicted molar refractivity (Wildman–Crippen MR) is 89.1 cm³/mol. The van der Waals surface area contributed by atoms with Crippen molar-refractivity contribution in [1.82, 2.24) is 0 Å². The minimum atomic E-state index is -0.573. The highest BCUT2D eigenvalue weighted by atomic mass is 35.5. The van der Waals surface area contributed by atoms with Crippen LogP contribution in [0.3, 0.4) is 0 Å². The molecular weight excluding hydrogens is 316 g/mol. The Morgan fingerprint density at radius 2 is 1.83 bits per heavy atom. The fourth-order valence-electron chi connectivity index (χ4n) is 2.49. The van der Waals surface area contributed by atoms with Gasteiger partial charge in [0.05, 0.1) is 12.2 Å². The molecule has 0 bridgehead atoms. The van der Waals surface area contributed by atoms with Crippen LogP contribution < -0.4 is 0 Å². The van der Waals surface area contributed by atoms with Gasteiger partial charge in [-0.1, -0.05) is 11.6 Å². The van der Waals surface area contributed by atoms with Gasteiger partial charge in [0, 0.05) is 21.7 Å². The molecule has 0 aliphatic heterocycles. The number of benzene rings is 1. The highest BCUT2D eigenvalue weighted by Crippen LogP contribution is 2.35. The molecule has 0 unspecified atom stereocenters. The van der Waals surface area contributed by atoms with Crippen LogP contribution in [0.1, 0.15) is 26.3 Å². The van der Waals surface area contributed by atoms with Gasteiger partial charge < -0.3 is 9.84 Å². The van der Waals surface area contributed by atoms with E-state index in [1.165, 1.54) is 13.0 Å². The van der Waals surface area contributed by atoms with E-state index < -0.39 is 5.97 Å². The van der Waals surface area contributed by atoms with Crippen LogP contribution in [0.25, 0.3) is 5.76 Å². The third-order valence-electron chi connectivity index (χ3n) is 3.56. The van der Waals surface area contributed by atoms with Gasteiger partial charge in [-0.05, 0) is 56.7 Å². The van der Waals surface area contributed by atoms with Crippen molar-refractivity contribution in [3.63, 3.8) is 0 Å². The van der Waals surface area contributed by atoms with Crippen molar-refractivity contribution in [3.05, 3.63) is 63.2 Å². The summed E-state index contributed by atoms with van der Waals surface area (Å²) in [7, 11) is 0. The van der Waals surface area contributed by atoms with Crippen LogP contribution >= 0.6 is 11.6 Å². The lowest BCUT2D eigenvalue weighted by molar-refractivity contribution is -0.138. The Morgan fingerprint density at radius 3 is 2.35 bits per heavy atom. The lowest BCUT2D eigenvalue weighted by atomic mass is 10.0. The molecule has 0 radical (unpaired) electrons. The molecule has 5 heteroatoms. The van der Waals surface area contributed by atoms with E-state index in [2.05, 4.69) is 0 Å². The summed E-state index contributed by atoms with van der Waals surface area (Å²) in [5.74, 6) is -0.839. The van der Waals surface area contributed by atoms with E-state index in [1.54, 1.807) is 38.1 Å². The number of esters is 1. The minimum absolute atomic E-state index is 0.0165. The van der Waals surface area contributed by atoms with Crippen LogP contribution in [0.2, 0.25) is 5.02 Å². The van der Waals surface area contributed by atoms with Crippen LogP contribution in [-0.2, 0) is 14.3 Å². The minimum Gasteiger partial charge on any atom is -0.507 e. The van der Waals surface area contributed by atoms with Crippen molar-refractivity contribution >= 4 is 29.1 Å². The van der Waals surface area contributed by atoms with Gasteiger partial charge in [-0.15, -0.1) is 0 Å². The lowest BCUT2D eigenvalue weighted by Gasteiger charge is -2.07. The maximum absolute atomic E-state index is 12.1. The normalized spacial score (nSPS) is 16.3. The smallest absolute Gasteiger partial charge is 0.338 e. The van der Waals surface area contributed by atoms with Gasteiger partial charge in [0.1, 0.15) is 5.76 Å². The molecule has 120 valence electrons. The fraction of sp³-hybridized carbons (Fsp3) is 0.222. The Hall–Kier alpha value is -2.33. The number of halogens is 1. The van der Waals surface area contributed by atoms with E-state index in [4.69, 9.17) is 16.3 Å². The number of aliphatic hydroxyl groups is 1. The zero-order chi connectivity index (χ0) is 17.1. The van der Waals surface area contributed by atoms with Crippen LogP contribution in [0.4, 0.5) is 0 Å². The van der Waals surface area contributed by atoms with Crippen molar-refractivity contribution in [3.8, 4) is 0 Å². The molecule has 0 aromatic heterocycles. The van der Waals surface area contributed by atoms with Gasteiger partial charge in [0.2, 0.25) is 0 Å². The SMILES string of the molecule is CCOC(=O)C1=C/C(=C(\O)c2ccc(Cl)cc2)C(C)=C1C(C)=O. The molecule has 1 N–H and O–H groups in total. The molecule has 0 fully saturated rings. The third-order valence-corrected chi connectivity index (χ3v) is 3.81. The van der Waals surface area contributed by atoms with E-state index in [1.807, 2.05) is 0 Å². The molecule has 0 heterocycles. The number of aliphatic hydroxyl groups excluding tert-OH is 1. The number of carbonyl (C=O) groups excluding carboxylic acids is 2. The van der Waals surface area contributed by atoms with E-state index in [9.17, 15) is 14.7 Å². The lowest BCUT2D eigenvalue weighted by Crippen LogP contribution is -2.12. The standard InChI is InChI=1S/C18H17ClO4/c1-4-23-18(22)15-9-14(10(2)16(15)11(3)20)17(21)12-5-7-13(19)8-6-12/h5-9,21H,4H2,1-3H3/b17-14+. The second-order valence-electron chi connectivity index (χ2n) is 5.10. The summed E-state index contributed by atoms with van der Waals surface area (Å²) >= 11 is 5.84. The Balaban J connectivity index is 2.58. The maximum atomic E-state index is 12.1. The summed E-state index contributed by atoms with van der Waals surface area (Å²) in [5, 5.41) is 11.1. The highest BCUT2D eigenvalue weighted by molar-refractivity contribution is 6.30. The number of ether oxygens (including phenoxy) is 1. The van der Waals surface area contributed by atoms with Gasteiger partial charge in [0.25, 0.3) is 0 Å². The predicted octanol–water partition coefficient (Wildman–Crippen LogP) is 4.02. The topological polar surface area (TPSA) is 63.6 Å². The molecular formula is C18H17ClO4. The van der Waals surface area contributed by atoms with Crippen LogP contribution in [0.15, 0.2) is 52.6 Å².